The normalized spacial score (nSPS) is 44.1. The van der Waals surface area contributed by atoms with Crippen molar-refractivity contribution in [1.29, 1.82) is 0 Å². The van der Waals surface area contributed by atoms with Gasteiger partial charge < -0.3 is 70.1 Å². The first-order chi connectivity index (χ1) is 21.1. The monoisotopic (exact) mass is 652 g/mol. The number of aliphatic carboxylic acids is 2. The molecule has 15 unspecified atom stereocenters. The van der Waals surface area contributed by atoms with E-state index in [0.717, 1.165) is 0 Å². The molecule has 9 N–H and O–H groups in total. The Labute approximate surface area is 260 Å². The fourth-order valence-electron chi connectivity index (χ4n) is 6.41. The molecule has 45 heavy (non-hydrogen) atoms. The molecular weight excluding hydrogens is 604 g/mol. The van der Waals surface area contributed by atoms with Gasteiger partial charge in [0, 0.05) is 32.4 Å². The smallest absolute Gasteiger partial charge is 0.338 e. The summed E-state index contributed by atoms with van der Waals surface area (Å²) in [6.45, 7) is 5.40. The van der Waals surface area contributed by atoms with E-state index in [0.29, 0.717) is 6.42 Å². The fraction of sp³-hybridized carbons (Fsp3) is 0.893. The second-order valence-electron chi connectivity index (χ2n) is 12.2. The Morgan fingerprint density at radius 1 is 0.933 bits per heavy atom. The number of carbonyl (C=O) groups excluding carboxylic acids is 1. The average molecular weight is 653 g/mol. The number of ether oxygens (including phenoxy) is 6. The molecule has 17 heteroatoms. The predicted octanol–water partition coefficient (Wildman–Crippen LogP) is -2.61. The van der Waals surface area contributed by atoms with Gasteiger partial charge in [0.1, 0.15) is 24.4 Å². The van der Waals surface area contributed by atoms with E-state index >= 15 is 0 Å². The predicted molar refractivity (Wildman–Crippen MR) is 150 cm³/mol. The van der Waals surface area contributed by atoms with Gasteiger partial charge in [0.25, 0.3) is 0 Å². The summed E-state index contributed by atoms with van der Waals surface area (Å²) in [5.74, 6) is -8.09. The lowest BCUT2D eigenvalue weighted by atomic mass is 9.81. The van der Waals surface area contributed by atoms with Crippen LogP contribution in [0.1, 0.15) is 40.5 Å². The first-order valence-corrected chi connectivity index (χ1v) is 15.0. The van der Waals surface area contributed by atoms with Crippen LogP contribution >= 0.6 is 0 Å². The zero-order valence-corrected chi connectivity index (χ0v) is 26.1. The summed E-state index contributed by atoms with van der Waals surface area (Å²) < 4.78 is 33.2. The van der Waals surface area contributed by atoms with Crippen molar-refractivity contribution < 1.29 is 73.4 Å². The number of carbonyl (C=O) groups is 3. The highest BCUT2D eigenvalue weighted by Gasteiger charge is 2.54. The van der Waals surface area contributed by atoms with Crippen LogP contribution in [0.15, 0.2) is 0 Å². The van der Waals surface area contributed by atoms with E-state index in [-0.39, 0.29) is 37.2 Å². The molecule has 1 amide bonds. The van der Waals surface area contributed by atoms with Crippen LogP contribution in [0.5, 0.6) is 0 Å². The van der Waals surface area contributed by atoms with Crippen LogP contribution in [0.25, 0.3) is 0 Å². The largest absolute Gasteiger partial charge is 0.479 e. The zero-order chi connectivity index (χ0) is 33.8. The van der Waals surface area contributed by atoms with Gasteiger partial charge in [-0.05, 0) is 25.2 Å². The van der Waals surface area contributed by atoms with Crippen LogP contribution in [0.4, 0.5) is 0 Å². The van der Waals surface area contributed by atoms with Crippen LogP contribution < -0.4 is 11.1 Å². The highest BCUT2D eigenvalue weighted by atomic mass is 16.7. The van der Waals surface area contributed by atoms with Crippen LogP contribution in [0.2, 0.25) is 0 Å². The fourth-order valence-corrected chi connectivity index (χ4v) is 6.41. The Bertz CT molecular complexity index is 1020. The molecule has 0 aromatic heterocycles. The van der Waals surface area contributed by atoms with Crippen molar-refractivity contribution in [2.45, 2.75) is 114 Å². The van der Waals surface area contributed by atoms with Gasteiger partial charge in [0.15, 0.2) is 12.4 Å². The lowest BCUT2D eigenvalue weighted by Crippen LogP contribution is -2.63. The molecule has 3 fully saturated rings. The number of aliphatic hydroxyl groups is 4. The van der Waals surface area contributed by atoms with Crippen molar-refractivity contribution in [1.82, 2.24) is 5.32 Å². The molecule has 3 heterocycles. The Kier molecular flexibility index (Phi) is 13.1. The molecular formula is C28H48N2O15. The highest BCUT2D eigenvalue weighted by Crippen LogP contribution is 2.35. The number of rotatable bonds is 12. The molecule has 3 aliphatic heterocycles. The third kappa shape index (κ3) is 8.47. The number of nitrogens with one attached hydrogen (secondary N) is 1. The van der Waals surface area contributed by atoms with Gasteiger partial charge in [-0.25, -0.2) is 9.59 Å². The van der Waals surface area contributed by atoms with Crippen LogP contribution in [0.3, 0.4) is 0 Å². The molecule has 0 saturated carbocycles. The summed E-state index contributed by atoms with van der Waals surface area (Å²) in [5, 5.41) is 65.9. The Morgan fingerprint density at radius 3 is 2.16 bits per heavy atom. The van der Waals surface area contributed by atoms with Crippen molar-refractivity contribution in [3.63, 3.8) is 0 Å². The number of hydrogen-bond acceptors (Lipinski definition) is 14. The minimum atomic E-state index is -2.55. The van der Waals surface area contributed by atoms with Gasteiger partial charge in [-0.2, -0.15) is 0 Å². The van der Waals surface area contributed by atoms with Gasteiger partial charge in [-0.15, -0.1) is 0 Å². The maximum atomic E-state index is 12.2. The summed E-state index contributed by atoms with van der Waals surface area (Å²) in [7, 11) is 1.19. The van der Waals surface area contributed by atoms with E-state index in [1.165, 1.54) is 21.0 Å². The van der Waals surface area contributed by atoms with Crippen molar-refractivity contribution in [2.75, 3.05) is 26.9 Å². The molecule has 0 aliphatic carbocycles. The number of nitrogens with two attached hydrogens (primary N) is 1. The first kappa shape index (κ1) is 37.4. The van der Waals surface area contributed by atoms with Gasteiger partial charge >= 0.3 is 11.9 Å². The number of amides is 1. The molecule has 0 aromatic carbocycles. The SMILES string of the molecule is CCC1C(N)C(C)OC(COCC2C(C(=O)O)OC(COC3(O)CC(C)C(O)C(OC)OC3C(=O)O)C(O)C2O)C1NC(C)=O. The van der Waals surface area contributed by atoms with Gasteiger partial charge in [0.05, 0.1) is 38.1 Å². The second-order valence-corrected chi connectivity index (χ2v) is 12.2. The highest BCUT2D eigenvalue weighted by molar-refractivity contribution is 5.74. The number of aliphatic hydroxyl groups excluding tert-OH is 3. The molecule has 17 nitrogen and oxygen atoms in total. The number of carboxylic acids is 2. The first-order valence-electron chi connectivity index (χ1n) is 15.0. The van der Waals surface area contributed by atoms with E-state index in [1.54, 1.807) is 6.92 Å². The lowest BCUT2D eigenvalue weighted by molar-refractivity contribution is -0.306. The molecule has 3 aliphatic rings. The third-order valence-electron chi connectivity index (χ3n) is 8.95. The standard InChI is InChI=1S/C28H48N2O15/c1-6-14-18(29)12(3)43-16(19(14)30-13(4)31)9-41-8-15-21(33)22(34)17(44-23(15)25(35)36)10-42-28(39)7-11(2)20(32)27(40-5)45-24(28)26(37)38/h11-12,14-24,27,32-34,39H,6-10,29H2,1-5H3,(H,30,31)(H,35,36)(H,37,38). The molecule has 3 rings (SSSR count). The van der Waals surface area contributed by atoms with Crippen molar-refractivity contribution in [3.8, 4) is 0 Å². The van der Waals surface area contributed by atoms with Gasteiger partial charge in [0.2, 0.25) is 17.8 Å². The number of carboxylic acid groups (broad SMARTS) is 2. The number of methoxy groups -OCH3 is 1. The minimum absolute atomic E-state index is 0.0905. The molecule has 15 atom stereocenters. The van der Waals surface area contributed by atoms with Crippen LogP contribution in [-0.4, -0.2) is 148 Å². The summed E-state index contributed by atoms with van der Waals surface area (Å²) >= 11 is 0. The summed E-state index contributed by atoms with van der Waals surface area (Å²) in [5.41, 5.74) is 6.30. The third-order valence-corrected chi connectivity index (χ3v) is 8.95. The van der Waals surface area contributed by atoms with E-state index < -0.39 is 97.6 Å². The maximum absolute atomic E-state index is 12.2. The van der Waals surface area contributed by atoms with Crippen molar-refractivity contribution >= 4 is 17.8 Å². The van der Waals surface area contributed by atoms with Crippen LogP contribution in [0, 0.1) is 17.8 Å². The Morgan fingerprint density at radius 2 is 1.60 bits per heavy atom. The summed E-state index contributed by atoms with van der Waals surface area (Å²) in [4.78, 5) is 36.0. The summed E-state index contributed by atoms with van der Waals surface area (Å²) in [6.07, 6.45) is -12.1. The summed E-state index contributed by atoms with van der Waals surface area (Å²) in [6, 6.07) is -0.824. The number of hydrogen-bond donors (Lipinski definition) is 8. The molecule has 260 valence electrons. The van der Waals surface area contributed by atoms with E-state index in [1.807, 2.05) is 6.92 Å². The average Bonchev–Trinajstić information content (AvgIpc) is 3.06. The Hall–Kier alpha value is -2.03. The van der Waals surface area contributed by atoms with Gasteiger partial charge in [-0.3, -0.25) is 4.79 Å². The van der Waals surface area contributed by atoms with Gasteiger partial charge in [-0.1, -0.05) is 13.8 Å². The van der Waals surface area contributed by atoms with Crippen LogP contribution in [-0.2, 0) is 42.8 Å². The molecule has 0 bridgehead atoms. The minimum Gasteiger partial charge on any atom is -0.479 e. The second kappa shape index (κ2) is 15.7. The van der Waals surface area contributed by atoms with E-state index in [4.69, 9.17) is 34.2 Å². The Balaban J connectivity index is 1.70. The molecule has 0 spiro atoms. The molecule has 0 aromatic rings. The van der Waals surface area contributed by atoms with Crippen molar-refractivity contribution in [3.05, 3.63) is 0 Å². The quantitative estimate of drug-likeness (QED) is 0.100. The van der Waals surface area contributed by atoms with Crippen molar-refractivity contribution in [2.24, 2.45) is 23.5 Å². The lowest BCUT2D eigenvalue weighted by Gasteiger charge is -2.45. The zero-order valence-electron chi connectivity index (χ0n) is 26.1. The maximum Gasteiger partial charge on any atom is 0.338 e. The van der Waals surface area contributed by atoms with E-state index in [9.17, 15) is 45.0 Å². The van der Waals surface area contributed by atoms with E-state index in [2.05, 4.69) is 5.32 Å². The molecule has 0 radical (unpaired) electrons. The topological polar surface area (TPSA) is 266 Å². The molecule has 3 saturated heterocycles.